The van der Waals surface area contributed by atoms with Gasteiger partial charge in [0.2, 0.25) is 5.91 Å². The number of aliphatic hydroxyl groups excluding tert-OH is 1. The van der Waals surface area contributed by atoms with E-state index in [1.807, 2.05) is 18.2 Å². The van der Waals surface area contributed by atoms with E-state index >= 15 is 0 Å². The molecule has 0 saturated heterocycles. The lowest BCUT2D eigenvalue weighted by atomic mass is 10.2. The molecular weight excluding hydrogens is 282 g/mol. The summed E-state index contributed by atoms with van der Waals surface area (Å²) in [6, 6.07) is 15.5. The quantitative estimate of drug-likeness (QED) is 0.801. The van der Waals surface area contributed by atoms with Crippen molar-refractivity contribution >= 4 is 23.4 Å². The zero-order valence-corrected chi connectivity index (χ0v) is 12.8. The molecule has 0 spiro atoms. The van der Waals surface area contributed by atoms with Crippen LogP contribution in [0, 0.1) is 6.92 Å². The number of benzene rings is 2. The fraction of sp³-hybridized carbons (Fsp3) is 0.235. The number of carbonyl (C=O) groups excluding carboxylic acids is 1. The minimum atomic E-state index is -0.0208. The minimum absolute atomic E-state index is 0.00954. The SMILES string of the molecule is Cc1ccc(SCCC(=O)Nc2cccc(CO)c2)cc1. The Morgan fingerprint density at radius 3 is 2.67 bits per heavy atom. The molecule has 0 heterocycles. The van der Waals surface area contributed by atoms with Crippen LogP contribution in [0.25, 0.3) is 0 Å². The maximum Gasteiger partial charge on any atom is 0.225 e. The van der Waals surface area contributed by atoms with Crippen molar-refractivity contribution in [3.63, 3.8) is 0 Å². The third-order valence-electron chi connectivity index (χ3n) is 3.01. The molecule has 0 fully saturated rings. The molecule has 0 radical (unpaired) electrons. The highest BCUT2D eigenvalue weighted by atomic mass is 32.2. The van der Waals surface area contributed by atoms with Crippen molar-refractivity contribution in [1.29, 1.82) is 0 Å². The van der Waals surface area contributed by atoms with E-state index in [9.17, 15) is 4.79 Å². The van der Waals surface area contributed by atoms with Crippen LogP contribution < -0.4 is 5.32 Å². The van der Waals surface area contributed by atoms with Gasteiger partial charge in [0.15, 0.2) is 0 Å². The molecule has 21 heavy (non-hydrogen) atoms. The molecule has 0 unspecified atom stereocenters. The van der Waals surface area contributed by atoms with Gasteiger partial charge in [-0.15, -0.1) is 11.8 Å². The molecule has 1 amide bonds. The standard InChI is InChI=1S/C17H19NO2S/c1-13-5-7-16(8-6-13)21-10-9-17(20)18-15-4-2-3-14(11-15)12-19/h2-8,11,19H,9-10,12H2,1H3,(H,18,20). The first kappa shape index (κ1) is 15.6. The van der Waals surface area contributed by atoms with Crippen LogP contribution in [0.1, 0.15) is 17.5 Å². The molecule has 0 saturated carbocycles. The summed E-state index contributed by atoms with van der Waals surface area (Å²) in [7, 11) is 0. The Balaban J connectivity index is 1.78. The average molecular weight is 301 g/mol. The molecule has 0 atom stereocenters. The molecule has 0 bridgehead atoms. The van der Waals surface area contributed by atoms with E-state index in [2.05, 4.69) is 36.5 Å². The van der Waals surface area contributed by atoms with Gasteiger partial charge in [-0.3, -0.25) is 4.79 Å². The van der Waals surface area contributed by atoms with Crippen molar-refractivity contribution in [2.45, 2.75) is 24.8 Å². The van der Waals surface area contributed by atoms with Gasteiger partial charge in [0.1, 0.15) is 0 Å². The molecule has 0 aliphatic rings. The van der Waals surface area contributed by atoms with E-state index in [1.54, 1.807) is 17.8 Å². The fourth-order valence-corrected chi connectivity index (χ4v) is 2.72. The summed E-state index contributed by atoms with van der Waals surface area (Å²) < 4.78 is 0. The highest BCUT2D eigenvalue weighted by Gasteiger charge is 2.03. The van der Waals surface area contributed by atoms with E-state index in [1.165, 1.54) is 10.5 Å². The van der Waals surface area contributed by atoms with Crippen molar-refractivity contribution in [1.82, 2.24) is 0 Å². The van der Waals surface area contributed by atoms with Gasteiger partial charge in [-0.05, 0) is 36.8 Å². The molecule has 2 N–H and O–H groups in total. The fourth-order valence-electron chi connectivity index (χ4n) is 1.87. The number of aryl methyl sites for hydroxylation is 1. The summed E-state index contributed by atoms with van der Waals surface area (Å²) in [4.78, 5) is 13.0. The molecule has 2 aromatic rings. The number of nitrogens with one attached hydrogen (secondary N) is 1. The van der Waals surface area contributed by atoms with Crippen molar-refractivity contribution in [3.05, 3.63) is 59.7 Å². The van der Waals surface area contributed by atoms with Gasteiger partial charge in [0.05, 0.1) is 6.61 Å². The molecular formula is C17H19NO2S. The first-order chi connectivity index (χ1) is 10.2. The normalized spacial score (nSPS) is 10.4. The van der Waals surface area contributed by atoms with Gasteiger partial charge in [0.25, 0.3) is 0 Å². The van der Waals surface area contributed by atoms with Gasteiger partial charge in [-0.1, -0.05) is 29.8 Å². The summed E-state index contributed by atoms with van der Waals surface area (Å²) in [6.07, 6.45) is 0.460. The Labute approximate surface area is 129 Å². The predicted octanol–water partition coefficient (Wildman–Crippen LogP) is 3.61. The van der Waals surface area contributed by atoms with Crippen LogP contribution in [0.4, 0.5) is 5.69 Å². The Kier molecular flexibility index (Phi) is 5.84. The van der Waals surface area contributed by atoms with E-state index in [-0.39, 0.29) is 12.5 Å². The Morgan fingerprint density at radius 2 is 1.95 bits per heavy atom. The van der Waals surface area contributed by atoms with E-state index in [0.29, 0.717) is 6.42 Å². The van der Waals surface area contributed by atoms with Crippen molar-refractivity contribution in [3.8, 4) is 0 Å². The topological polar surface area (TPSA) is 49.3 Å². The van der Waals surface area contributed by atoms with Gasteiger partial charge >= 0.3 is 0 Å². The molecule has 4 heteroatoms. The zero-order valence-electron chi connectivity index (χ0n) is 12.0. The number of anilines is 1. The van der Waals surface area contributed by atoms with Crippen LogP contribution in [0.5, 0.6) is 0 Å². The largest absolute Gasteiger partial charge is 0.392 e. The Hall–Kier alpha value is -1.78. The van der Waals surface area contributed by atoms with E-state index < -0.39 is 0 Å². The van der Waals surface area contributed by atoms with E-state index in [4.69, 9.17) is 5.11 Å². The first-order valence-electron chi connectivity index (χ1n) is 6.86. The molecule has 3 nitrogen and oxygen atoms in total. The molecule has 2 aromatic carbocycles. The summed E-state index contributed by atoms with van der Waals surface area (Å²) in [5, 5.41) is 11.9. The van der Waals surface area contributed by atoms with Crippen LogP contribution in [0.3, 0.4) is 0 Å². The Bertz CT molecular complexity index is 596. The summed E-state index contributed by atoms with van der Waals surface area (Å²) >= 11 is 1.67. The summed E-state index contributed by atoms with van der Waals surface area (Å²) in [5.74, 6) is 0.735. The predicted molar refractivity (Wildman–Crippen MR) is 87.5 cm³/mol. The number of hydrogen-bond donors (Lipinski definition) is 2. The molecule has 2 rings (SSSR count). The van der Waals surface area contributed by atoms with E-state index in [0.717, 1.165) is 17.0 Å². The van der Waals surface area contributed by atoms with Gasteiger partial charge in [-0.2, -0.15) is 0 Å². The zero-order chi connectivity index (χ0) is 15.1. The first-order valence-corrected chi connectivity index (χ1v) is 7.85. The number of hydrogen-bond acceptors (Lipinski definition) is 3. The Morgan fingerprint density at radius 1 is 1.19 bits per heavy atom. The highest BCUT2D eigenvalue weighted by Crippen LogP contribution is 2.19. The monoisotopic (exact) mass is 301 g/mol. The average Bonchev–Trinajstić information content (AvgIpc) is 2.49. The lowest BCUT2D eigenvalue weighted by Gasteiger charge is -2.06. The lowest BCUT2D eigenvalue weighted by molar-refractivity contribution is -0.115. The molecule has 0 aliphatic heterocycles. The van der Waals surface area contributed by atoms with Crippen LogP contribution in [0.2, 0.25) is 0 Å². The molecule has 0 aliphatic carbocycles. The number of carbonyl (C=O) groups is 1. The van der Waals surface area contributed by atoms with Crippen molar-refractivity contribution in [2.24, 2.45) is 0 Å². The number of thioether (sulfide) groups is 1. The van der Waals surface area contributed by atoms with Crippen molar-refractivity contribution in [2.75, 3.05) is 11.1 Å². The maximum absolute atomic E-state index is 11.9. The van der Waals surface area contributed by atoms with Crippen molar-refractivity contribution < 1.29 is 9.90 Å². The number of rotatable bonds is 6. The third-order valence-corrected chi connectivity index (χ3v) is 4.03. The minimum Gasteiger partial charge on any atom is -0.392 e. The number of aliphatic hydroxyl groups is 1. The van der Waals surface area contributed by atoms with Gasteiger partial charge in [-0.25, -0.2) is 0 Å². The van der Waals surface area contributed by atoms with Crippen LogP contribution in [0.15, 0.2) is 53.4 Å². The van der Waals surface area contributed by atoms with Gasteiger partial charge < -0.3 is 10.4 Å². The lowest BCUT2D eigenvalue weighted by Crippen LogP contribution is -2.12. The van der Waals surface area contributed by atoms with Gasteiger partial charge in [0, 0.05) is 22.8 Å². The molecule has 110 valence electrons. The second kappa shape index (κ2) is 7.86. The highest BCUT2D eigenvalue weighted by molar-refractivity contribution is 7.99. The second-order valence-electron chi connectivity index (χ2n) is 4.82. The van der Waals surface area contributed by atoms with Crippen LogP contribution >= 0.6 is 11.8 Å². The second-order valence-corrected chi connectivity index (χ2v) is 5.99. The van der Waals surface area contributed by atoms with Crippen LogP contribution in [-0.2, 0) is 11.4 Å². The smallest absolute Gasteiger partial charge is 0.225 e. The molecule has 0 aromatic heterocycles. The number of amides is 1. The summed E-state index contributed by atoms with van der Waals surface area (Å²) in [6.45, 7) is 2.04. The van der Waals surface area contributed by atoms with Crippen LogP contribution in [-0.4, -0.2) is 16.8 Å². The summed E-state index contributed by atoms with van der Waals surface area (Å²) in [5.41, 5.74) is 2.76. The third kappa shape index (κ3) is 5.25. The maximum atomic E-state index is 11.9.